The third kappa shape index (κ3) is 3.10. The standard InChI is InChI=1S/C14H17FN2O2/c1-2-12-14(19)16-7-8-17(12)13(18)9-10-3-5-11(15)6-4-10/h3-6,12H,2,7-9H2,1H3,(H,16,19). The molecular formula is C14H17FN2O2. The Morgan fingerprint density at radius 3 is 2.74 bits per heavy atom. The van der Waals surface area contributed by atoms with Crippen LogP contribution in [0.15, 0.2) is 24.3 Å². The van der Waals surface area contributed by atoms with Gasteiger partial charge in [0.1, 0.15) is 11.9 Å². The molecule has 19 heavy (non-hydrogen) atoms. The molecule has 1 atom stereocenters. The Morgan fingerprint density at radius 1 is 1.42 bits per heavy atom. The summed E-state index contributed by atoms with van der Waals surface area (Å²) in [6, 6.07) is 5.48. The van der Waals surface area contributed by atoms with Gasteiger partial charge in [-0.3, -0.25) is 9.59 Å². The van der Waals surface area contributed by atoms with Gasteiger partial charge in [0.25, 0.3) is 0 Å². The van der Waals surface area contributed by atoms with E-state index in [1.54, 1.807) is 17.0 Å². The molecule has 1 unspecified atom stereocenters. The molecule has 0 bridgehead atoms. The first-order valence-corrected chi connectivity index (χ1v) is 6.43. The Morgan fingerprint density at radius 2 is 2.11 bits per heavy atom. The molecule has 4 nitrogen and oxygen atoms in total. The minimum atomic E-state index is -0.387. The second kappa shape index (κ2) is 5.82. The minimum absolute atomic E-state index is 0.0895. The van der Waals surface area contributed by atoms with E-state index >= 15 is 0 Å². The minimum Gasteiger partial charge on any atom is -0.353 e. The zero-order valence-electron chi connectivity index (χ0n) is 10.9. The predicted octanol–water partition coefficient (Wildman–Crippen LogP) is 1.11. The van der Waals surface area contributed by atoms with Crippen molar-refractivity contribution in [3.05, 3.63) is 35.6 Å². The van der Waals surface area contributed by atoms with Gasteiger partial charge in [0.15, 0.2) is 0 Å². The summed E-state index contributed by atoms with van der Waals surface area (Å²) >= 11 is 0. The summed E-state index contributed by atoms with van der Waals surface area (Å²) in [5, 5.41) is 2.76. The molecule has 2 amide bonds. The van der Waals surface area contributed by atoms with Crippen LogP contribution in [0.1, 0.15) is 18.9 Å². The number of amides is 2. The Labute approximate surface area is 111 Å². The Bertz CT molecular complexity index is 473. The lowest BCUT2D eigenvalue weighted by Gasteiger charge is -2.34. The first-order valence-electron chi connectivity index (χ1n) is 6.43. The molecule has 1 heterocycles. The van der Waals surface area contributed by atoms with Gasteiger partial charge in [0.2, 0.25) is 11.8 Å². The maximum absolute atomic E-state index is 12.8. The van der Waals surface area contributed by atoms with Crippen LogP contribution >= 0.6 is 0 Å². The number of rotatable bonds is 3. The lowest BCUT2D eigenvalue weighted by Crippen LogP contribution is -2.57. The molecule has 1 fully saturated rings. The highest BCUT2D eigenvalue weighted by atomic mass is 19.1. The number of carbonyl (C=O) groups excluding carboxylic acids is 2. The fourth-order valence-corrected chi connectivity index (χ4v) is 2.30. The van der Waals surface area contributed by atoms with Crippen molar-refractivity contribution in [2.24, 2.45) is 0 Å². The highest BCUT2D eigenvalue weighted by molar-refractivity contribution is 5.89. The van der Waals surface area contributed by atoms with Crippen LogP contribution < -0.4 is 5.32 Å². The Balaban J connectivity index is 2.06. The molecule has 1 N–H and O–H groups in total. The lowest BCUT2D eigenvalue weighted by atomic mass is 10.1. The molecule has 1 aromatic carbocycles. The Kier molecular flexibility index (Phi) is 4.14. The second-order valence-corrected chi connectivity index (χ2v) is 4.61. The van der Waals surface area contributed by atoms with Crippen molar-refractivity contribution in [2.75, 3.05) is 13.1 Å². The van der Waals surface area contributed by atoms with Crippen molar-refractivity contribution in [1.29, 1.82) is 0 Å². The monoisotopic (exact) mass is 264 g/mol. The summed E-state index contributed by atoms with van der Waals surface area (Å²) in [5.74, 6) is -0.505. The Hall–Kier alpha value is -1.91. The van der Waals surface area contributed by atoms with Crippen LogP contribution in [0.2, 0.25) is 0 Å². The number of nitrogens with one attached hydrogen (secondary N) is 1. The van der Waals surface area contributed by atoms with E-state index in [2.05, 4.69) is 5.32 Å². The van der Waals surface area contributed by atoms with E-state index in [1.807, 2.05) is 6.92 Å². The van der Waals surface area contributed by atoms with Crippen LogP contribution in [0.3, 0.4) is 0 Å². The molecule has 2 rings (SSSR count). The molecule has 0 aliphatic carbocycles. The molecule has 0 saturated carbocycles. The van der Waals surface area contributed by atoms with Gasteiger partial charge >= 0.3 is 0 Å². The third-order valence-corrected chi connectivity index (χ3v) is 3.31. The average Bonchev–Trinajstić information content (AvgIpc) is 2.41. The van der Waals surface area contributed by atoms with Crippen molar-refractivity contribution < 1.29 is 14.0 Å². The van der Waals surface area contributed by atoms with Gasteiger partial charge in [-0.25, -0.2) is 4.39 Å². The van der Waals surface area contributed by atoms with Crippen LogP contribution in [0.4, 0.5) is 4.39 Å². The number of hydrogen-bond donors (Lipinski definition) is 1. The van der Waals surface area contributed by atoms with Gasteiger partial charge in [0, 0.05) is 13.1 Å². The molecular weight excluding hydrogens is 247 g/mol. The van der Waals surface area contributed by atoms with E-state index < -0.39 is 0 Å². The predicted molar refractivity (Wildman–Crippen MR) is 68.9 cm³/mol. The van der Waals surface area contributed by atoms with E-state index in [1.165, 1.54) is 12.1 Å². The number of carbonyl (C=O) groups is 2. The highest BCUT2D eigenvalue weighted by Crippen LogP contribution is 2.12. The molecule has 5 heteroatoms. The second-order valence-electron chi connectivity index (χ2n) is 4.61. The zero-order chi connectivity index (χ0) is 13.8. The summed E-state index contributed by atoms with van der Waals surface area (Å²) in [6.45, 7) is 2.91. The van der Waals surface area contributed by atoms with E-state index in [-0.39, 0.29) is 30.1 Å². The van der Waals surface area contributed by atoms with Crippen molar-refractivity contribution in [3.8, 4) is 0 Å². The molecule has 1 aliphatic rings. The van der Waals surface area contributed by atoms with Crippen molar-refractivity contribution in [3.63, 3.8) is 0 Å². The molecule has 1 saturated heterocycles. The SMILES string of the molecule is CCC1C(=O)NCCN1C(=O)Cc1ccc(F)cc1. The number of hydrogen-bond acceptors (Lipinski definition) is 2. The average molecular weight is 264 g/mol. The fourth-order valence-electron chi connectivity index (χ4n) is 2.30. The number of benzene rings is 1. The molecule has 0 radical (unpaired) electrons. The largest absolute Gasteiger partial charge is 0.353 e. The quantitative estimate of drug-likeness (QED) is 0.889. The van der Waals surface area contributed by atoms with Crippen LogP contribution in [0.25, 0.3) is 0 Å². The zero-order valence-corrected chi connectivity index (χ0v) is 10.9. The number of piperazine rings is 1. The van der Waals surface area contributed by atoms with Crippen molar-refractivity contribution in [2.45, 2.75) is 25.8 Å². The molecule has 1 aliphatic heterocycles. The van der Waals surface area contributed by atoms with Crippen LogP contribution in [-0.2, 0) is 16.0 Å². The first kappa shape index (κ1) is 13.5. The summed E-state index contributed by atoms with van der Waals surface area (Å²) < 4.78 is 12.8. The number of nitrogens with zero attached hydrogens (tertiary/aromatic N) is 1. The van der Waals surface area contributed by atoms with E-state index in [0.29, 0.717) is 19.5 Å². The summed E-state index contributed by atoms with van der Waals surface area (Å²) in [5.41, 5.74) is 0.757. The topological polar surface area (TPSA) is 49.4 Å². The van der Waals surface area contributed by atoms with Crippen molar-refractivity contribution in [1.82, 2.24) is 10.2 Å². The van der Waals surface area contributed by atoms with E-state index in [0.717, 1.165) is 5.56 Å². The van der Waals surface area contributed by atoms with Crippen LogP contribution in [0.5, 0.6) is 0 Å². The highest BCUT2D eigenvalue weighted by Gasteiger charge is 2.31. The smallest absolute Gasteiger partial charge is 0.242 e. The molecule has 0 aromatic heterocycles. The van der Waals surface area contributed by atoms with Gasteiger partial charge in [-0.2, -0.15) is 0 Å². The maximum Gasteiger partial charge on any atom is 0.242 e. The first-order chi connectivity index (χ1) is 9.11. The fraction of sp³-hybridized carbons (Fsp3) is 0.429. The van der Waals surface area contributed by atoms with E-state index in [9.17, 15) is 14.0 Å². The van der Waals surface area contributed by atoms with E-state index in [4.69, 9.17) is 0 Å². The third-order valence-electron chi connectivity index (χ3n) is 3.31. The van der Waals surface area contributed by atoms with Crippen LogP contribution in [0, 0.1) is 5.82 Å². The summed E-state index contributed by atoms with van der Waals surface area (Å²) in [4.78, 5) is 25.5. The summed E-state index contributed by atoms with van der Waals surface area (Å²) in [6.07, 6.45) is 0.797. The van der Waals surface area contributed by atoms with Crippen molar-refractivity contribution >= 4 is 11.8 Å². The van der Waals surface area contributed by atoms with Crippen LogP contribution in [-0.4, -0.2) is 35.8 Å². The van der Waals surface area contributed by atoms with Gasteiger partial charge in [-0.05, 0) is 24.1 Å². The molecule has 102 valence electrons. The van der Waals surface area contributed by atoms with Gasteiger partial charge in [-0.1, -0.05) is 19.1 Å². The maximum atomic E-state index is 12.8. The number of halogens is 1. The normalized spacial score (nSPS) is 19.2. The summed E-state index contributed by atoms with van der Waals surface area (Å²) in [7, 11) is 0. The molecule has 1 aromatic rings. The van der Waals surface area contributed by atoms with Gasteiger partial charge in [0.05, 0.1) is 6.42 Å². The lowest BCUT2D eigenvalue weighted by molar-refractivity contribution is -0.142. The van der Waals surface area contributed by atoms with Gasteiger partial charge in [-0.15, -0.1) is 0 Å². The molecule has 0 spiro atoms. The van der Waals surface area contributed by atoms with Gasteiger partial charge < -0.3 is 10.2 Å².